The molecule has 0 unspecified atom stereocenters. The molecule has 0 amide bonds. The molecule has 0 aromatic rings. The Morgan fingerprint density at radius 2 is 2.09 bits per heavy atom. The lowest BCUT2D eigenvalue weighted by Crippen LogP contribution is -2.18. The molecule has 1 saturated heterocycles. The molecule has 1 aliphatic heterocycles. The molecule has 0 bridgehead atoms. The molecule has 1 aliphatic rings. The second-order valence-electron chi connectivity index (χ2n) is 3.94. The summed E-state index contributed by atoms with van der Waals surface area (Å²) >= 11 is 0. The maximum absolute atomic E-state index is 10.4. The Bertz CT molecular complexity index is 211. The van der Waals surface area contributed by atoms with Crippen molar-refractivity contribution in [2.24, 2.45) is 5.41 Å². The molecule has 0 spiro atoms. The van der Waals surface area contributed by atoms with Crippen LogP contribution in [0.2, 0.25) is 0 Å². The third-order valence-electron chi connectivity index (χ3n) is 2.00. The van der Waals surface area contributed by atoms with Gasteiger partial charge in [0.15, 0.2) is 6.19 Å². The van der Waals surface area contributed by atoms with Gasteiger partial charge in [0.1, 0.15) is 12.3 Å². The lowest BCUT2D eigenvalue weighted by Gasteiger charge is -2.15. The summed E-state index contributed by atoms with van der Waals surface area (Å²) in [4.78, 5) is 11.9. The number of carbonyl (C=O) groups is 1. The quantitative estimate of drug-likeness (QED) is 0.316. The number of aldehydes is 1. The van der Waals surface area contributed by atoms with Crippen molar-refractivity contribution in [3.8, 4) is 6.19 Å². The average molecular weight is 152 g/mol. The molecule has 1 heterocycles. The Balaban J connectivity index is 2.67. The fourth-order valence-electron chi connectivity index (χ4n) is 1.45. The SMILES string of the molecule is CC(C)(C)[C@@H]1[C@@H](C=O)N1C#N. The molecule has 3 nitrogen and oxygen atoms in total. The zero-order chi connectivity index (χ0) is 8.65. The highest BCUT2D eigenvalue weighted by Crippen LogP contribution is 2.39. The Hall–Kier alpha value is -1.04. The smallest absolute Gasteiger partial charge is 0.180 e. The molecule has 0 aromatic carbocycles. The van der Waals surface area contributed by atoms with Crippen molar-refractivity contribution in [3.05, 3.63) is 0 Å². The van der Waals surface area contributed by atoms with E-state index in [-0.39, 0.29) is 17.5 Å². The largest absolute Gasteiger partial charge is 0.301 e. The third kappa shape index (κ3) is 1.21. The highest BCUT2D eigenvalue weighted by molar-refractivity contribution is 5.65. The number of carbonyl (C=O) groups excluding carboxylic acids is 1. The zero-order valence-corrected chi connectivity index (χ0v) is 7.03. The topological polar surface area (TPSA) is 43.9 Å². The van der Waals surface area contributed by atoms with Crippen molar-refractivity contribution < 1.29 is 4.79 Å². The first kappa shape index (κ1) is 8.06. The van der Waals surface area contributed by atoms with E-state index in [1.807, 2.05) is 27.0 Å². The molecule has 1 fully saturated rings. The van der Waals surface area contributed by atoms with E-state index in [0.717, 1.165) is 6.29 Å². The van der Waals surface area contributed by atoms with E-state index in [1.54, 1.807) is 0 Å². The molecule has 0 saturated carbocycles. The zero-order valence-electron chi connectivity index (χ0n) is 7.03. The van der Waals surface area contributed by atoms with Gasteiger partial charge >= 0.3 is 0 Å². The van der Waals surface area contributed by atoms with Crippen LogP contribution in [0.1, 0.15) is 20.8 Å². The predicted octanol–water partition coefficient (Wildman–Crippen LogP) is 0.765. The molecule has 11 heavy (non-hydrogen) atoms. The number of nitriles is 1. The van der Waals surface area contributed by atoms with E-state index in [9.17, 15) is 4.79 Å². The van der Waals surface area contributed by atoms with Gasteiger partial charge in [-0.25, -0.2) is 0 Å². The van der Waals surface area contributed by atoms with Gasteiger partial charge in [0.05, 0.1) is 6.04 Å². The molecule has 60 valence electrons. The van der Waals surface area contributed by atoms with Crippen molar-refractivity contribution >= 4 is 6.29 Å². The first-order valence-electron chi connectivity index (χ1n) is 3.65. The van der Waals surface area contributed by atoms with Crippen LogP contribution in [0.4, 0.5) is 0 Å². The first-order valence-corrected chi connectivity index (χ1v) is 3.65. The van der Waals surface area contributed by atoms with E-state index in [1.165, 1.54) is 4.90 Å². The Kier molecular flexibility index (Phi) is 1.63. The molecule has 0 N–H and O–H groups in total. The van der Waals surface area contributed by atoms with Gasteiger partial charge in [0, 0.05) is 0 Å². The van der Waals surface area contributed by atoms with Crippen LogP contribution < -0.4 is 0 Å². The second-order valence-corrected chi connectivity index (χ2v) is 3.94. The van der Waals surface area contributed by atoms with Crippen molar-refractivity contribution in [1.82, 2.24) is 4.90 Å². The minimum absolute atomic E-state index is 0.0291. The van der Waals surface area contributed by atoms with Crippen LogP contribution in [0.15, 0.2) is 0 Å². The van der Waals surface area contributed by atoms with Gasteiger partial charge in [-0.1, -0.05) is 20.8 Å². The van der Waals surface area contributed by atoms with Crippen LogP contribution in [-0.2, 0) is 4.79 Å². The molecular formula is C8H12N2O. The van der Waals surface area contributed by atoms with E-state index < -0.39 is 0 Å². The molecule has 0 aromatic heterocycles. The Morgan fingerprint density at radius 3 is 2.18 bits per heavy atom. The number of hydrogen-bond acceptors (Lipinski definition) is 3. The predicted molar refractivity (Wildman–Crippen MR) is 40.5 cm³/mol. The van der Waals surface area contributed by atoms with Crippen LogP contribution in [0.5, 0.6) is 0 Å². The highest BCUT2D eigenvalue weighted by Gasteiger charge is 2.53. The van der Waals surface area contributed by atoms with Gasteiger partial charge in [-0.05, 0) is 5.41 Å². The summed E-state index contributed by atoms with van der Waals surface area (Å²) < 4.78 is 0. The summed E-state index contributed by atoms with van der Waals surface area (Å²) in [5.74, 6) is 0. The van der Waals surface area contributed by atoms with Crippen molar-refractivity contribution in [2.75, 3.05) is 0 Å². The summed E-state index contributed by atoms with van der Waals surface area (Å²) in [5.41, 5.74) is 0.0291. The van der Waals surface area contributed by atoms with E-state index >= 15 is 0 Å². The fourth-order valence-corrected chi connectivity index (χ4v) is 1.45. The van der Waals surface area contributed by atoms with Crippen LogP contribution >= 0.6 is 0 Å². The second kappa shape index (κ2) is 2.23. The number of rotatable bonds is 1. The highest BCUT2D eigenvalue weighted by atomic mass is 16.1. The normalized spacial score (nSPS) is 29.5. The van der Waals surface area contributed by atoms with Crippen molar-refractivity contribution in [1.29, 1.82) is 5.26 Å². The maximum Gasteiger partial charge on any atom is 0.180 e. The molecular weight excluding hydrogens is 140 g/mol. The van der Waals surface area contributed by atoms with E-state index in [0.29, 0.717) is 0 Å². The summed E-state index contributed by atoms with van der Waals surface area (Å²) in [7, 11) is 0. The molecule has 0 aliphatic carbocycles. The molecule has 1 rings (SSSR count). The third-order valence-corrected chi connectivity index (χ3v) is 2.00. The van der Waals surface area contributed by atoms with E-state index in [4.69, 9.17) is 5.26 Å². The van der Waals surface area contributed by atoms with Gasteiger partial charge in [-0.2, -0.15) is 5.26 Å². The van der Waals surface area contributed by atoms with Gasteiger partial charge in [-0.15, -0.1) is 0 Å². The molecule has 3 heteroatoms. The van der Waals surface area contributed by atoms with Crippen molar-refractivity contribution in [3.63, 3.8) is 0 Å². The molecule has 0 radical (unpaired) electrons. The standard InChI is InChI=1S/C8H12N2O/c1-8(2,3)7-6(4-11)10(7)5-9/h4,6-7H,1-3H3/t6-,7+,10?/m1/s1. The minimum atomic E-state index is -0.167. The molecule has 2 atom stereocenters. The van der Waals surface area contributed by atoms with Gasteiger partial charge in [-0.3, -0.25) is 4.90 Å². The van der Waals surface area contributed by atoms with Crippen LogP contribution in [-0.4, -0.2) is 23.3 Å². The van der Waals surface area contributed by atoms with Gasteiger partial charge in [0.25, 0.3) is 0 Å². The number of nitrogens with zero attached hydrogens (tertiary/aromatic N) is 2. The Labute approximate surface area is 66.6 Å². The Morgan fingerprint density at radius 1 is 1.55 bits per heavy atom. The van der Waals surface area contributed by atoms with E-state index in [2.05, 4.69) is 0 Å². The fraction of sp³-hybridized carbons (Fsp3) is 0.750. The first-order chi connectivity index (χ1) is 5.02. The van der Waals surface area contributed by atoms with Gasteiger partial charge in [0.2, 0.25) is 0 Å². The lowest BCUT2D eigenvalue weighted by molar-refractivity contribution is -0.108. The maximum atomic E-state index is 10.4. The average Bonchev–Trinajstić information content (AvgIpc) is 2.58. The summed E-state index contributed by atoms with van der Waals surface area (Å²) in [6.45, 7) is 6.10. The summed E-state index contributed by atoms with van der Waals surface area (Å²) in [5, 5.41) is 8.56. The van der Waals surface area contributed by atoms with Crippen LogP contribution in [0, 0.1) is 16.9 Å². The summed E-state index contributed by atoms with van der Waals surface area (Å²) in [6.07, 6.45) is 2.84. The minimum Gasteiger partial charge on any atom is -0.301 e. The lowest BCUT2D eigenvalue weighted by atomic mass is 9.90. The van der Waals surface area contributed by atoms with Crippen molar-refractivity contribution in [2.45, 2.75) is 32.9 Å². The van der Waals surface area contributed by atoms with Crippen LogP contribution in [0.3, 0.4) is 0 Å². The van der Waals surface area contributed by atoms with Crippen LogP contribution in [0.25, 0.3) is 0 Å². The number of hydrogen-bond donors (Lipinski definition) is 0. The summed E-state index contributed by atoms with van der Waals surface area (Å²) in [6, 6.07) is -0.0509. The monoisotopic (exact) mass is 152 g/mol. The van der Waals surface area contributed by atoms with Gasteiger partial charge < -0.3 is 4.79 Å².